The highest BCUT2D eigenvalue weighted by molar-refractivity contribution is 7.99. The number of hydrogen-bond acceptors (Lipinski definition) is 6. The Morgan fingerprint density at radius 1 is 1.24 bits per heavy atom. The Hall–Kier alpha value is -1.93. The largest absolute Gasteiger partial charge is 0.444 e. The van der Waals surface area contributed by atoms with Crippen molar-refractivity contribution in [2.45, 2.75) is 88.5 Å². The fourth-order valence-electron chi connectivity index (χ4n) is 4.51. The Kier molecular flexibility index (Phi) is 7.43. The number of H-pyrrole nitrogens is 1. The number of piperidine rings is 1. The number of hydrogen-bond donors (Lipinski definition) is 2. The number of anilines is 1. The third kappa shape index (κ3) is 6.15. The van der Waals surface area contributed by atoms with E-state index >= 15 is 0 Å². The number of thioether (sulfide) groups is 1. The number of nitrogens with zero attached hydrogens (tertiary/aromatic N) is 2. The van der Waals surface area contributed by atoms with Gasteiger partial charge in [0.15, 0.2) is 0 Å². The predicted molar refractivity (Wildman–Crippen MR) is 135 cm³/mol. The molecule has 0 bridgehead atoms. The summed E-state index contributed by atoms with van der Waals surface area (Å²) in [6, 6.07) is 4.17. The lowest BCUT2D eigenvalue weighted by Crippen LogP contribution is -2.44. The van der Waals surface area contributed by atoms with Gasteiger partial charge in [-0.25, -0.2) is 9.78 Å². The summed E-state index contributed by atoms with van der Waals surface area (Å²) in [5, 5.41) is 4.35. The first-order valence-electron chi connectivity index (χ1n) is 11.8. The molecular formula is C24H33ClN4O3S. The average molecular weight is 493 g/mol. The van der Waals surface area contributed by atoms with E-state index < -0.39 is 5.60 Å². The number of fused-ring (bicyclic) bond motifs is 1. The van der Waals surface area contributed by atoms with Gasteiger partial charge in [-0.05, 0) is 65.0 Å². The van der Waals surface area contributed by atoms with Gasteiger partial charge in [-0.2, -0.15) is 0 Å². The van der Waals surface area contributed by atoms with E-state index in [1.807, 2.05) is 32.9 Å². The summed E-state index contributed by atoms with van der Waals surface area (Å²) in [7, 11) is 0. The topological polar surface area (TPSA) is 87.3 Å². The number of ether oxygens (including phenoxy) is 1. The normalized spacial score (nSPS) is 19.8. The van der Waals surface area contributed by atoms with Crippen molar-refractivity contribution >= 4 is 46.0 Å². The molecule has 1 amide bonds. The van der Waals surface area contributed by atoms with Crippen LogP contribution >= 0.6 is 23.4 Å². The number of rotatable bonds is 5. The smallest absolute Gasteiger partial charge is 0.411 e. The van der Waals surface area contributed by atoms with Crippen LogP contribution in [0.2, 0.25) is 5.02 Å². The summed E-state index contributed by atoms with van der Waals surface area (Å²) in [5.74, 6) is 1.08. The molecule has 1 aromatic carbocycles. The van der Waals surface area contributed by atoms with Crippen LogP contribution in [0.4, 0.5) is 10.5 Å². The lowest BCUT2D eigenvalue weighted by molar-refractivity contribution is 0.0186. The fourth-order valence-corrected chi connectivity index (χ4v) is 6.00. The minimum Gasteiger partial charge on any atom is -0.444 e. The standard InChI is InChI=1S/C24H33ClN4O3S/c1-24(2,3)32-23(31)29-11-7-6-10-20(29)33-14-19-27-18-13-16(26-15-8-4-5-9-15)12-17(25)21(18)22(30)28-19/h12-13,15,20,26H,4-11,14H2,1-3H3,(H,27,28,30). The number of nitrogens with one attached hydrogen (secondary N) is 2. The molecule has 2 fully saturated rings. The molecule has 1 aromatic heterocycles. The Bertz CT molecular complexity index is 1060. The monoisotopic (exact) mass is 492 g/mol. The van der Waals surface area contributed by atoms with Gasteiger partial charge in [0.2, 0.25) is 0 Å². The van der Waals surface area contributed by atoms with Gasteiger partial charge in [-0.15, -0.1) is 11.8 Å². The Morgan fingerprint density at radius 3 is 2.70 bits per heavy atom. The molecule has 1 saturated carbocycles. The van der Waals surface area contributed by atoms with Crippen LogP contribution in [-0.2, 0) is 10.5 Å². The number of carbonyl (C=O) groups is 1. The average Bonchev–Trinajstić information content (AvgIpc) is 3.23. The summed E-state index contributed by atoms with van der Waals surface area (Å²) in [4.78, 5) is 34.8. The van der Waals surface area contributed by atoms with Crippen LogP contribution < -0.4 is 10.9 Å². The Labute approximate surface area is 204 Å². The molecule has 1 saturated heterocycles. The van der Waals surface area contributed by atoms with Gasteiger partial charge in [0, 0.05) is 18.3 Å². The molecule has 2 aliphatic rings. The Morgan fingerprint density at radius 2 is 1.97 bits per heavy atom. The molecule has 2 heterocycles. The minimum atomic E-state index is -0.529. The van der Waals surface area contributed by atoms with Crippen molar-refractivity contribution in [1.82, 2.24) is 14.9 Å². The molecule has 180 valence electrons. The maximum Gasteiger partial charge on any atom is 0.411 e. The number of halogens is 1. The molecule has 0 spiro atoms. The molecule has 0 radical (unpaired) electrons. The van der Waals surface area contributed by atoms with Gasteiger partial charge in [-0.3, -0.25) is 9.69 Å². The van der Waals surface area contributed by atoms with Gasteiger partial charge >= 0.3 is 6.09 Å². The van der Waals surface area contributed by atoms with E-state index in [2.05, 4.69) is 10.3 Å². The van der Waals surface area contributed by atoms with E-state index in [0.29, 0.717) is 40.1 Å². The van der Waals surface area contributed by atoms with Gasteiger partial charge in [0.05, 0.1) is 27.1 Å². The third-order valence-electron chi connectivity index (χ3n) is 6.02. The lowest BCUT2D eigenvalue weighted by Gasteiger charge is -2.36. The molecule has 33 heavy (non-hydrogen) atoms. The molecule has 4 rings (SSSR count). The maximum atomic E-state index is 12.8. The molecule has 1 aliphatic carbocycles. The quantitative estimate of drug-likeness (QED) is 0.539. The predicted octanol–water partition coefficient (Wildman–Crippen LogP) is 5.91. The second-order valence-electron chi connectivity index (χ2n) is 9.93. The highest BCUT2D eigenvalue weighted by Crippen LogP contribution is 2.31. The third-order valence-corrected chi connectivity index (χ3v) is 7.64. The molecule has 1 aliphatic heterocycles. The van der Waals surface area contributed by atoms with Crippen molar-refractivity contribution in [2.24, 2.45) is 0 Å². The van der Waals surface area contributed by atoms with Crippen LogP contribution in [0.5, 0.6) is 0 Å². The zero-order valence-electron chi connectivity index (χ0n) is 19.6. The zero-order valence-corrected chi connectivity index (χ0v) is 21.2. The summed E-state index contributed by atoms with van der Waals surface area (Å²) in [6.45, 7) is 6.31. The number of likely N-dealkylation sites (tertiary alicyclic amines) is 1. The van der Waals surface area contributed by atoms with E-state index in [9.17, 15) is 9.59 Å². The molecule has 7 nitrogen and oxygen atoms in total. The zero-order chi connectivity index (χ0) is 23.6. The van der Waals surface area contributed by atoms with Crippen molar-refractivity contribution in [2.75, 3.05) is 11.9 Å². The highest BCUT2D eigenvalue weighted by atomic mass is 35.5. The van der Waals surface area contributed by atoms with E-state index in [0.717, 1.165) is 37.8 Å². The van der Waals surface area contributed by atoms with E-state index in [1.54, 1.807) is 16.7 Å². The van der Waals surface area contributed by atoms with Gasteiger partial charge in [0.25, 0.3) is 5.56 Å². The van der Waals surface area contributed by atoms with Crippen LogP contribution in [0.15, 0.2) is 16.9 Å². The first-order chi connectivity index (χ1) is 15.7. The van der Waals surface area contributed by atoms with E-state index in [4.69, 9.17) is 21.3 Å². The van der Waals surface area contributed by atoms with E-state index in [1.165, 1.54) is 12.8 Å². The molecular weight excluding hydrogens is 460 g/mol. The van der Waals surface area contributed by atoms with Crippen LogP contribution in [0.3, 0.4) is 0 Å². The van der Waals surface area contributed by atoms with Crippen LogP contribution in [0.25, 0.3) is 10.9 Å². The molecule has 9 heteroatoms. The van der Waals surface area contributed by atoms with E-state index in [-0.39, 0.29) is 17.0 Å². The van der Waals surface area contributed by atoms with Crippen molar-refractivity contribution in [3.8, 4) is 0 Å². The van der Waals surface area contributed by atoms with Crippen molar-refractivity contribution in [1.29, 1.82) is 0 Å². The first kappa shape index (κ1) is 24.2. The maximum absolute atomic E-state index is 12.8. The molecule has 2 aromatic rings. The van der Waals surface area contributed by atoms with Crippen LogP contribution in [0, 0.1) is 0 Å². The summed E-state index contributed by atoms with van der Waals surface area (Å²) >= 11 is 8.06. The van der Waals surface area contributed by atoms with Crippen LogP contribution in [-0.4, -0.2) is 44.5 Å². The minimum absolute atomic E-state index is 0.00597. The Balaban J connectivity index is 1.50. The highest BCUT2D eigenvalue weighted by Gasteiger charge is 2.31. The van der Waals surface area contributed by atoms with Crippen LogP contribution in [0.1, 0.15) is 71.5 Å². The number of carbonyl (C=O) groups excluding carboxylic acids is 1. The second kappa shape index (κ2) is 10.1. The second-order valence-corrected chi connectivity index (χ2v) is 11.5. The van der Waals surface area contributed by atoms with Crippen molar-refractivity contribution in [3.05, 3.63) is 33.3 Å². The number of aromatic amines is 1. The number of aromatic nitrogens is 2. The number of benzene rings is 1. The summed E-state index contributed by atoms with van der Waals surface area (Å²) in [5.41, 5.74) is 0.730. The van der Waals surface area contributed by atoms with Gasteiger partial charge in [-0.1, -0.05) is 24.4 Å². The summed E-state index contributed by atoms with van der Waals surface area (Å²) < 4.78 is 5.60. The molecule has 1 unspecified atom stereocenters. The first-order valence-corrected chi connectivity index (χ1v) is 13.2. The lowest BCUT2D eigenvalue weighted by atomic mass is 10.1. The van der Waals surface area contributed by atoms with Crippen molar-refractivity contribution in [3.63, 3.8) is 0 Å². The van der Waals surface area contributed by atoms with Crippen molar-refractivity contribution < 1.29 is 9.53 Å². The number of amides is 1. The fraction of sp³-hybridized carbons (Fsp3) is 0.625. The molecule has 1 atom stereocenters. The molecule has 2 N–H and O–H groups in total. The van der Waals surface area contributed by atoms with Gasteiger partial charge < -0.3 is 15.0 Å². The SMILES string of the molecule is CC(C)(C)OC(=O)N1CCCCC1SCc1nc2cc(NC3CCCC3)cc(Cl)c2c(=O)[nH]1. The summed E-state index contributed by atoms with van der Waals surface area (Å²) in [6.07, 6.45) is 7.41. The van der Waals surface area contributed by atoms with Gasteiger partial charge in [0.1, 0.15) is 11.4 Å².